The number of methoxy groups -OCH3 is 1. The number of carboxylic acid groups (broad SMARTS) is 1. The highest BCUT2D eigenvalue weighted by Crippen LogP contribution is 2.14. The maximum atomic E-state index is 11.7. The fourth-order valence-corrected chi connectivity index (χ4v) is 1.22. The summed E-state index contributed by atoms with van der Waals surface area (Å²) < 4.78 is 4.96. The van der Waals surface area contributed by atoms with Crippen LogP contribution in [0.1, 0.15) is 19.5 Å². The van der Waals surface area contributed by atoms with E-state index < -0.39 is 17.4 Å². The standard InChI is InChI=1S/C12H18N4O4/c1-7-5-8(20-4)15-10(14-7)16-11(19)13-6-12(2,3)9(17)18/h5H,6H2,1-4H3,(H,17,18)(H2,13,14,15,16,19). The molecule has 0 fully saturated rings. The Morgan fingerprint density at radius 3 is 2.60 bits per heavy atom. The molecule has 0 atom stereocenters. The summed E-state index contributed by atoms with van der Waals surface area (Å²) in [5.41, 5.74) is -0.416. The molecule has 3 N–H and O–H groups in total. The number of carbonyl (C=O) groups excluding carboxylic acids is 1. The van der Waals surface area contributed by atoms with E-state index in [4.69, 9.17) is 9.84 Å². The lowest BCUT2D eigenvalue weighted by atomic mass is 9.94. The van der Waals surface area contributed by atoms with Crippen molar-refractivity contribution in [2.45, 2.75) is 20.8 Å². The molecule has 0 aliphatic carbocycles. The Kier molecular flexibility index (Phi) is 4.84. The number of anilines is 1. The van der Waals surface area contributed by atoms with Gasteiger partial charge in [-0.3, -0.25) is 10.1 Å². The molecule has 0 radical (unpaired) electrons. The predicted molar refractivity (Wildman–Crippen MR) is 71.8 cm³/mol. The fraction of sp³-hybridized carbons (Fsp3) is 0.500. The summed E-state index contributed by atoms with van der Waals surface area (Å²) in [6, 6.07) is 1.04. The zero-order valence-corrected chi connectivity index (χ0v) is 11.9. The molecule has 0 saturated carbocycles. The van der Waals surface area contributed by atoms with E-state index in [9.17, 15) is 9.59 Å². The molecule has 0 saturated heterocycles. The predicted octanol–water partition coefficient (Wildman–Crippen LogP) is 1.03. The van der Waals surface area contributed by atoms with Crippen LogP contribution < -0.4 is 15.4 Å². The van der Waals surface area contributed by atoms with Gasteiger partial charge in [0.25, 0.3) is 0 Å². The number of ether oxygens (including phenoxy) is 1. The molecule has 0 aromatic carbocycles. The number of hydrogen-bond acceptors (Lipinski definition) is 5. The first kappa shape index (κ1) is 15.7. The molecule has 1 aromatic heterocycles. The average molecular weight is 282 g/mol. The molecule has 0 unspecified atom stereocenters. The lowest BCUT2D eigenvalue weighted by Gasteiger charge is -2.19. The molecule has 0 spiro atoms. The second-order valence-corrected chi connectivity index (χ2v) is 4.87. The molecule has 1 rings (SSSR count). The monoisotopic (exact) mass is 282 g/mol. The maximum Gasteiger partial charge on any atom is 0.321 e. The molecule has 0 aliphatic heterocycles. The minimum atomic E-state index is -1.05. The first-order valence-corrected chi connectivity index (χ1v) is 5.92. The van der Waals surface area contributed by atoms with E-state index in [-0.39, 0.29) is 12.5 Å². The van der Waals surface area contributed by atoms with Gasteiger partial charge in [0.1, 0.15) is 0 Å². The highest BCUT2D eigenvalue weighted by molar-refractivity contribution is 5.88. The number of carbonyl (C=O) groups is 2. The Morgan fingerprint density at radius 2 is 2.05 bits per heavy atom. The second-order valence-electron chi connectivity index (χ2n) is 4.87. The van der Waals surface area contributed by atoms with Crippen LogP contribution in [0, 0.1) is 12.3 Å². The molecular weight excluding hydrogens is 264 g/mol. The SMILES string of the molecule is COc1cc(C)nc(NC(=O)NCC(C)(C)C(=O)O)n1. The molecular formula is C12H18N4O4. The van der Waals surface area contributed by atoms with Crippen molar-refractivity contribution < 1.29 is 19.4 Å². The van der Waals surface area contributed by atoms with Crippen molar-refractivity contribution in [1.82, 2.24) is 15.3 Å². The van der Waals surface area contributed by atoms with Gasteiger partial charge < -0.3 is 15.2 Å². The molecule has 110 valence electrons. The van der Waals surface area contributed by atoms with Crippen molar-refractivity contribution in [3.8, 4) is 5.88 Å². The molecule has 2 amide bonds. The Labute approximate surface area is 116 Å². The average Bonchev–Trinajstić information content (AvgIpc) is 2.35. The smallest absolute Gasteiger partial charge is 0.321 e. The van der Waals surface area contributed by atoms with E-state index >= 15 is 0 Å². The minimum absolute atomic E-state index is 0.0167. The lowest BCUT2D eigenvalue weighted by Crippen LogP contribution is -2.40. The van der Waals surface area contributed by atoms with E-state index in [1.165, 1.54) is 21.0 Å². The highest BCUT2D eigenvalue weighted by atomic mass is 16.5. The van der Waals surface area contributed by atoms with Crippen LogP contribution in [0.2, 0.25) is 0 Å². The van der Waals surface area contributed by atoms with E-state index in [1.54, 1.807) is 13.0 Å². The van der Waals surface area contributed by atoms with Crippen molar-refractivity contribution in [3.63, 3.8) is 0 Å². The Balaban J connectivity index is 2.63. The molecule has 20 heavy (non-hydrogen) atoms. The number of nitrogens with one attached hydrogen (secondary N) is 2. The Hall–Kier alpha value is -2.38. The summed E-state index contributed by atoms with van der Waals surface area (Å²) in [5, 5.41) is 13.8. The Morgan fingerprint density at radius 1 is 1.40 bits per heavy atom. The van der Waals surface area contributed by atoms with Crippen LogP contribution in [0.25, 0.3) is 0 Å². The highest BCUT2D eigenvalue weighted by Gasteiger charge is 2.27. The summed E-state index contributed by atoms with van der Waals surface area (Å²) in [6.45, 7) is 4.75. The third-order valence-corrected chi connectivity index (χ3v) is 2.54. The van der Waals surface area contributed by atoms with E-state index in [0.29, 0.717) is 11.6 Å². The number of aromatic nitrogens is 2. The number of aryl methyl sites for hydroxylation is 1. The van der Waals surface area contributed by atoms with Crippen molar-refractivity contribution in [2.75, 3.05) is 19.0 Å². The topological polar surface area (TPSA) is 113 Å². The van der Waals surface area contributed by atoms with Gasteiger partial charge in [0.2, 0.25) is 11.8 Å². The van der Waals surface area contributed by atoms with Gasteiger partial charge in [-0.05, 0) is 20.8 Å². The number of amides is 2. The van der Waals surface area contributed by atoms with Gasteiger partial charge in [0, 0.05) is 18.3 Å². The van der Waals surface area contributed by atoms with Crippen molar-refractivity contribution in [3.05, 3.63) is 11.8 Å². The summed E-state index contributed by atoms with van der Waals surface area (Å²) in [5.74, 6) is -0.572. The molecule has 8 heteroatoms. The van der Waals surface area contributed by atoms with Crippen LogP contribution in [0.15, 0.2) is 6.07 Å². The quantitative estimate of drug-likeness (QED) is 0.743. The number of nitrogens with zero attached hydrogens (tertiary/aromatic N) is 2. The van der Waals surface area contributed by atoms with Gasteiger partial charge in [0.05, 0.1) is 12.5 Å². The van der Waals surface area contributed by atoms with Crippen LogP contribution >= 0.6 is 0 Å². The normalized spacial score (nSPS) is 10.8. The molecule has 1 aromatic rings. The van der Waals surface area contributed by atoms with Crippen LogP contribution in [0.4, 0.5) is 10.7 Å². The van der Waals surface area contributed by atoms with Crippen LogP contribution in [-0.4, -0.2) is 40.7 Å². The first-order chi connectivity index (χ1) is 9.24. The summed E-state index contributed by atoms with van der Waals surface area (Å²) >= 11 is 0. The second kappa shape index (κ2) is 6.18. The van der Waals surface area contributed by atoms with Crippen LogP contribution in [0.3, 0.4) is 0 Å². The van der Waals surface area contributed by atoms with E-state index in [0.717, 1.165) is 0 Å². The zero-order chi connectivity index (χ0) is 15.3. The number of aliphatic carboxylic acids is 1. The van der Waals surface area contributed by atoms with Crippen molar-refractivity contribution in [2.24, 2.45) is 5.41 Å². The molecule has 8 nitrogen and oxygen atoms in total. The minimum Gasteiger partial charge on any atom is -0.481 e. The first-order valence-electron chi connectivity index (χ1n) is 5.92. The third-order valence-electron chi connectivity index (χ3n) is 2.54. The number of rotatable bonds is 5. The van der Waals surface area contributed by atoms with Crippen LogP contribution in [-0.2, 0) is 4.79 Å². The maximum absolute atomic E-state index is 11.7. The summed E-state index contributed by atoms with van der Waals surface area (Å²) in [4.78, 5) is 30.5. The number of urea groups is 1. The van der Waals surface area contributed by atoms with Gasteiger partial charge in [-0.1, -0.05) is 0 Å². The summed E-state index contributed by atoms with van der Waals surface area (Å²) in [6.07, 6.45) is 0. The summed E-state index contributed by atoms with van der Waals surface area (Å²) in [7, 11) is 1.46. The van der Waals surface area contributed by atoms with Crippen LogP contribution in [0.5, 0.6) is 5.88 Å². The van der Waals surface area contributed by atoms with E-state index in [2.05, 4.69) is 20.6 Å². The largest absolute Gasteiger partial charge is 0.481 e. The molecule has 1 heterocycles. The van der Waals surface area contributed by atoms with Crippen molar-refractivity contribution in [1.29, 1.82) is 0 Å². The van der Waals surface area contributed by atoms with Gasteiger partial charge in [-0.2, -0.15) is 4.98 Å². The van der Waals surface area contributed by atoms with Crippen molar-refractivity contribution >= 4 is 17.9 Å². The lowest BCUT2D eigenvalue weighted by molar-refractivity contribution is -0.146. The molecule has 0 aliphatic rings. The van der Waals surface area contributed by atoms with E-state index in [1.807, 2.05) is 0 Å². The molecule has 0 bridgehead atoms. The number of carboxylic acids is 1. The van der Waals surface area contributed by atoms with Gasteiger partial charge >= 0.3 is 12.0 Å². The zero-order valence-electron chi connectivity index (χ0n) is 11.9. The third kappa shape index (κ3) is 4.38. The fourth-order valence-electron chi connectivity index (χ4n) is 1.22. The van der Waals surface area contributed by atoms with Gasteiger partial charge in [-0.15, -0.1) is 0 Å². The van der Waals surface area contributed by atoms with Gasteiger partial charge in [-0.25, -0.2) is 9.78 Å². The number of hydrogen-bond donors (Lipinski definition) is 3. The Bertz CT molecular complexity index is 516. The van der Waals surface area contributed by atoms with Gasteiger partial charge in [0.15, 0.2) is 0 Å².